The molecule has 0 fully saturated rings. The molecule has 1 amide bonds. The molecule has 0 aliphatic carbocycles. The van der Waals surface area contributed by atoms with Gasteiger partial charge in [-0.2, -0.15) is 5.26 Å². The molecular weight excluding hydrogens is 382 g/mol. The molecule has 154 valence electrons. The minimum atomic E-state index is -0.682. The first kappa shape index (κ1) is 20.9. The maximum Gasteiger partial charge on any atom is 0.348 e. The van der Waals surface area contributed by atoms with Crippen LogP contribution >= 0.6 is 0 Å². The summed E-state index contributed by atoms with van der Waals surface area (Å²) in [5.41, 5.74) is 0.372. The molecule has 30 heavy (non-hydrogen) atoms. The first-order valence-electron chi connectivity index (χ1n) is 9.40. The molecule has 1 aromatic carbocycles. The summed E-state index contributed by atoms with van der Waals surface area (Å²) in [7, 11) is 1.70. The van der Waals surface area contributed by atoms with E-state index in [2.05, 4.69) is 0 Å². The molecule has 0 radical (unpaired) electrons. The van der Waals surface area contributed by atoms with E-state index in [1.54, 1.807) is 72.2 Å². The fourth-order valence-corrected chi connectivity index (χ4v) is 3.05. The molecule has 0 N–H and O–H groups in total. The second-order valence-electron chi connectivity index (χ2n) is 7.91. The lowest BCUT2D eigenvalue weighted by Crippen LogP contribution is -2.36. The number of amides is 1. The summed E-state index contributed by atoms with van der Waals surface area (Å²) in [5, 5.41) is 9.57. The number of hydrogen-bond donors (Lipinski definition) is 0. The molecule has 2 aromatic heterocycles. The molecule has 3 aromatic rings. The van der Waals surface area contributed by atoms with Crippen molar-refractivity contribution in [2.24, 2.45) is 5.41 Å². The molecule has 0 saturated carbocycles. The van der Waals surface area contributed by atoms with Crippen molar-refractivity contribution in [2.75, 3.05) is 11.9 Å². The maximum atomic E-state index is 12.7. The van der Waals surface area contributed by atoms with E-state index < -0.39 is 11.4 Å². The van der Waals surface area contributed by atoms with E-state index in [1.807, 2.05) is 26.8 Å². The van der Waals surface area contributed by atoms with E-state index in [9.17, 15) is 14.9 Å². The van der Waals surface area contributed by atoms with Gasteiger partial charge < -0.3 is 14.1 Å². The number of ether oxygens (including phenoxy) is 1. The summed E-state index contributed by atoms with van der Waals surface area (Å²) in [6, 6.07) is 12.2. The summed E-state index contributed by atoms with van der Waals surface area (Å²) in [4.78, 5) is 26.7. The zero-order valence-electron chi connectivity index (χ0n) is 17.6. The zero-order valence-corrected chi connectivity index (χ0v) is 17.6. The summed E-state index contributed by atoms with van der Waals surface area (Å²) in [6.07, 6.45) is 3.45. The second kappa shape index (κ2) is 7.91. The van der Waals surface area contributed by atoms with Gasteiger partial charge in [-0.25, -0.2) is 4.79 Å². The number of furan rings is 1. The van der Waals surface area contributed by atoms with Gasteiger partial charge in [-0.3, -0.25) is 9.36 Å². The average molecular weight is 405 g/mol. The van der Waals surface area contributed by atoms with E-state index in [0.29, 0.717) is 17.2 Å². The van der Waals surface area contributed by atoms with Gasteiger partial charge in [0.2, 0.25) is 11.8 Å². The van der Waals surface area contributed by atoms with Gasteiger partial charge >= 0.3 is 5.97 Å². The highest BCUT2D eigenvalue weighted by Crippen LogP contribution is 2.28. The Kier molecular flexibility index (Phi) is 5.52. The standard InChI is InChI=1S/C23H23N3O4/c1-15-19(18(14-24)20(29-15)26-12-6-7-13-26)21(27)30-17-10-8-16(9-11-17)25(5)22(28)23(2,3)4/h6-13H,1-5H3. The Hall–Kier alpha value is -3.79. The van der Waals surface area contributed by atoms with E-state index in [-0.39, 0.29) is 22.9 Å². The van der Waals surface area contributed by atoms with Crippen molar-refractivity contribution in [3.8, 4) is 17.7 Å². The van der Waals surface area contributed by atoms with Crippen molar-refractivity contribution in [1.29, 1.82) is 5.26 Å². The lowest BCUT2D eigenvalue weighted by atomic mass is 9.95. The molecule has 7 heteroatoms. The van der Waals surface area contributed by atoms with Crippen molar-refractivity contribution in [3.63, 3.8) is 0 Å². The minimum absolute atomic E-state index is 0.0301. The smallest absolute Gasteiger partial charge is 0.348 e. The number of nitrogens with zero attached hydrogens (tertiary/aromatic N) is 3. The molecule has 3 rings (SSSR count). The van der Waals surface area contributed by atoms with Gasteiger partial charge in [-0.05, 0) is 43.3 Å². The van der Waals surface area contributed by atoms with Gasteiger partial charge in [-0.15, -0.1) is 0 Å². The van der Waals surface area contributed by atoms with Crippen LogP contribution in [-0.4, -0.2) is 23.5 Å². The van der Waals surface area contributed by atoms with Crippen LogP contribution < -0.4 is 9.64 Å². The molecule has 0 bridgehead atoms. The Morgan fingerprint density at radius 2 is 1.73 bits per heavy atom. The number of carbonyl (C=O) groups excluding carboxylic acids is 2. The normalized spacial score (nSPS) is 11.1. The van der Waals surface area contributed by atoms with Crippen molar-refractivity contribution < 1.29 is 18.7 Å². The van der Waals surface area contributed by atoms with Gasteiger partial charge in [-0.1, -0.05) is 20.8 Å². The Bertz CT molecular complexity index is 1110. The highest BCUT2D eigenvalue weighted by molar-refractivity contribution is 5.97. The number of benzene rings is 1. The predicted molar refractivity (Wildman–Crippen MR) is 112 cm³/mol. The van der Waals surface area contributed by atoms with Crippen LogP contribution in [0.25, 0.3) is 5.88 Å². The fourth-order valence-electron chi connectivity index (χ4n) is 3.05. The number of rotatable bonds is 4. The predicted octanol–water partition coefficient (Wildman–Crippen LogP) is 4.48. The summed E-state index contributed by atoms with van der Waals surface area (Å²) in [6.45, 7) is 7.17. The monoisotopic (exact) mass is 405 g/mol. The Morgan fingerprint density at radius 3 is 2.27 bits per heavy atom. The number of carbonyl (C=O) groups is 2. The van der Waals surface area contributed by atoms with Crippen LogP contribution in [0.15, 0.2) is 53.2 Å². The van der Waals surface area contributed by atoms with Gasteiger partial charge in [0.1, 0.15) is 28.7 Å². The van der Waals surface area contributed by atoms with Crippen molar-refractivity contribution in [1.82, 2.24) is 4.57 Å². The summed E-state index contributed by atoms with van der Waals surface area (Å²) in [5.74, 6) is 0.153. The number of aryl methyl sites for hydroxylation is 1. The number of anilines is 1. The zero-order chi connectivity index (χ0) is 22.1. The number of aromatic nitrogens is 1. The summed E-state index contributed by atoms with van der Waals surface area (Å²) < 4.78 is 12.7. The first-order valence-corrected chi connectivity index (χ1v) is 9.40. The molecule has 0 aliphatic heterocycles. The molecule has 0 atom stereocenters. The average Bonchev–Trinajstić information content (AvgIpc) is 3.33. The number of hydrogen-bond acceptors (Lipinski definition) is 5. The van der Waals surface area contributed by atoms with Crippen molar-refractivity contribution in [2.45, 2.75) is 27.7 Å². The Morgan fingerprint density at radius 1 is 1.13 bits per heavy atom. The highest BCUT2D eigenvalue weighted by atomic mass is 16.5. The largest absolute Gasteiger partial charge is 0.443 e. The van der Waals surface area contributed by atoms with Crippen LogP contribution in [0.2, 0.25) is 0 Å². The third-order valence-corrected chi connectivity index (χ3v) is 4.60. The number of nitriles is 1. The Labute approximate surface area is 175 Å². The van der Waals surface area contributed by atoms with Gasteiger partial charge in [0.25, 0.3) is 0 Å². The lowest BCUT2D eigenvalue weighted by Gasteiger charge is -2.26. The van der Waals surface area contributed by atoms with Crippen LogP contribution in [0, 0.1) is 23.7 Å². The van der Waals surface area contributed by atoms with E-state index in [4.69, 9.17) is 9.15 Å². The van der Waals surface area contributed by atoms with Gasteiger partial charge in [0.15, 0.2) is 0 Å². The van der Waals surface area contributed by atoms with Crippen LogP contribution in [0.5, 0.6) is 5.75 Å². The van der Waals surface area contributed by atoms with Gasteiger partial charge in [0, 0.05) is 30.5 Å². The molecule has 2 heterocycles. The van der Waals surface area contributed by atoms with Crippen LogP contribution in [-0.2, 0) is 4.79 Å². The van der Waals surface area contributed by atoms with E-state index in [0.717, 1.165) is 0 Å². The molecular formula is C23H23N3O4. The SMILES string of the molecule is Cc1oc(-n2cccc2)c(C#N)c1C(=O)Oc1ccc(N(C)C(=O)C(C)(C)C)cc1. The summed E-state index contributed by atoms with van der Waals surface area (Å²) >= 11 is 0. The van der Waals surface area contributed by atoms with E-state index in [1.165, 1.54) is 0 Å². The van der Waals surface area contributed by atoms with Crippen molar-refractivity contribution >= 4 is 17.6 Å². The Balaban J connectivity index is 1.82. The second-order valence-corrected chi connectivity index (χ2v) is 7.91. The van der Waals surface area contributed by atoms with E-state index >= 15 is 0 Å². The minimum Gasteiger partial charge on any atom is -0.443 e. The molecule has 0 spiro atoms. The maximum absolute atomic E-state index is 12.7. The molecule has 0 unspecified atom stereocenters. The third-order valence-electron chi connectivity index (χ3n) is 4.60. The van der Waals surface area contributed by atoms with Gasteiger partial charge in [0.05, 0.1) is 0 Å². The first-order chi connectivity index (χ1) is 14.1. The number of esters is 1. The third kappa shape index (κ3) is 3.98. The van der Waals surface area contributed by atoms with Crippen LogP contribution in [0.4, 0.5) is 5.69 Å². The fraction of sp³-hybridized carbons (Fsp3) is 0.261. The quantitative estimate of drug-likeness (QED) is 0.472. The highest BCUT2D eigenvalue weighted by Gasteiger charge is 2.27. The van der Waals surface area contributed by atoms with Crippen LogP contribution in [0.1, 0.15) is 42.5 Å². The van der Waals surface area contributed by atoms with Crippen LogP contribution in [0.3, 0.4) is 0 Å². The molecule has 7 nitrogen and oxygen atoms in total. The lowest BCUT2D eigenvalue weighted by molar-refractivity contribution is -0.125. The topological polar surface area (TPSA) is 88.5 Å². The molecule has 0 saturated heterocycles. The van der Waals surface area contributed by atoms with Crippen molar-refractivity contribution in [3.05, 3.63) is 65.7 Å². The molecule has 0 aliphatic rings.